The smallest absolute Gasteiger partial charge is 0.481 e. The van der Waals surface area contributed by atoms with Crippen LogP contribution >= 0.6 is 23.5 Å². The molecule has 1 aromatic heterocycles. The summed E-state index contributed by atoms with van der Waals surface area (Å²) in [5, 5.41) is 9.99. The van der Waals surface area contributed by atoms with E-state index in [4.69, 9.17) is 24.2 Å². The fraction of sp³-hybridized carbons (Fsp3) is 0.600. The van der Waals surface area contributed by atoms with Crippen LogP contribution in [0.5, 0.6) is 5.88 Å². The molecule has 166 valence electrons. The molecule has 1 saturated heterocycles. The van der Waals surface area contributed by atoms with E-state index in [2.05, 4.69) is 18.1 Å². The lowest BCUT2D eigenvalue weighted by molar-refractivity contribution is -0.0450. The molecule has 1 aromatic rings. The van der Waals surface area contributed by atoms with E-state index in [0.29, 0.717) is 0 Å². The van der Waals surface area contributed by atoms with Gasteiger partial charge < -0.3 is 34.2 Å². The largest absolute Gasteiger partial charge is 0.490 e. The Hall–Kier alpha value is -0.990. The highest BCUT2D eigenvalue weighted by Gasteiger charge is 2.42. The van der Waals surface area contributed by atoms with Crippen molar-refractivity contribution in [2.75, 3.05) is 13.7 Å². The average molecular weight is 482 g/mol. The molecule has 0 aliphatic carbocycles. The van der Waals surface area contributed by atoms with Crippen molar-refractivity contribution in [1.29, 1.82) is 0 Å². The zero-order valence-corrected chi connectivity index (χ0v) is 17.1. The molecule has 0 bridgehead atoms. The quantitative estimate of drug-likeness (QED) is 0.272. The first kappa shape index (κ1) is 24.3. The summed E-state index contributed by atoms with van der Waals surface area (Å²) in [6, 6.07) is 1.36. The van der Waals surface area contributed by atoms with Gasteiger partial charge in [-0.15, -0.1) is 0 Å². The molecule has 19 heteroatoms. The van der Waals surface area contributed by atoms with Crippen molar-refractivity contribution in [1.82, 2.24) is 9.55 Å². The molecule has 2 rings (SSSR count). The molecular weight excluding hydrogens is 465 g/mol. The molecule has 0 amide bonds. The summed E-state index contributed by atoms with van der Waals surface area (Å²) in [4.78, 5) is 50.9. The van der Waals surface area contributed by atoms with Gasteiger partial charge in [0, 0.05) is 18.7 Å². The number of hydrogen-bond donors (Lipinski definition) is 5. The van der Waals surface area contributed by atoms with Gasteiger partial charge in [0.15, 0.2) is 0 Å². The van der Waals surface area contributed by atoms with Gasteiger partial charge in [0.05, 0.1) is 19.8 Å². The van der Waals surface area contributed by atoms with Gasteiger partial charge in [-0.2, -0.15) is 13.6 Å². The Labute approximate surface area is 162 Å². The summed E-state index contributed by atoms with van der Waals surface area (Å²) < 4.78 is 56.2. The molecule has 0 aromatic carbocycles. The van der Waals surface area contributed by atoms with E-state index in [1.807, 2.05) is 0 Å². The summed E-state index contributed by atoms with van der Waals surface area (Å²) in [5.41, 5.74) is -0.755. The molecule has 16 nitrogen and oxygen atoms in total. The number of aliphatic hydroxyl groups is 1. The summed E-state index contributed by atoms with van der Waals surface area (Å²) in [7, 11) is -15.2. The van der Waals surface area contributed by atoms with Crippen molar-refractivity contribution in [3.8, 4) is 5.88 Å². The van der Waals surface area contributed by atoms with Crippen molar-refractivity contribution in [2.45, 2.75) is 24.9 Å². The van der Waals surface area contributed by atoms with Crippen LogP contribution in [0.25, 0.3) is 0 Å². The Morgan fingerprint density at radius 2 is 1.86 bits per heavy atom. The second-order valence-electron chi connectivity index (χ2n) is 5.48. The molecule has 2 heterocycles. The second-order valence-corrected chi connectivity index (χ2v) is 9.90. The molecule has 29 heavy (non-hydrogen) atoms. The number of phosphoric acid groups is 3. The molecule has 5 N–H and O–H groups in total. The number of hydrogen-bond acceptors (Lipinski definition) is 11. The van der Waals surface area contributed by atoms with Gasteiger partial charge in [-0.1, -0.05) is 0 Å². The first-order chi connectivity index (χ1) is 13.2. The van der Waals surface area contributed by atoms with Crippen LogP contribution < -0.4 is 10.4 Å². The number of aromatic nitrogens is 2. The molecule has 1 aliphatic heterocycles. The highest BCUT2D eigenvalue weighted by Crippen LogP contribution is 2.66. The van der Waals surface area contributed by atoms with Gasteiger partial charge in [0.1, 0.15) is 12.3 Å². The number of rotatable bonds is 9. The predicted octanol–water partition coefficient (Wildman–Crippen LogP) is -0.756. The highest BCUT2D eigenvalue weighted by molar-refractivity contribution is 7.66. The van der Waals surface area contributed by atoms with E-state index in [9.17, 15) is 28.5 Å². The minimum atomic E-state index is -5.66. The Morgan fingerprint density at radius 1 is 1.21 bits per heavy atom. The average Bonchev–Trinajstić information content (AvgIpc) is 2.90. The topological polar surface area (TPSA) is 233 Å². The van der Waals surface area contributed by atoms with Crippen LogP contribution in [0.2, 0.25) is 0 Å². The highest BCUT2D eigenvalue weighted by atomic mass is 31.3. The maximum Gasteiger partial charge on any atom is 0.490 e. The Bertz CT molecular complexity index is 928. The van der Waals surface area contributed by atoms with E-state index in [0.717, 1.165) is 4.57 Å². The van der Waals surface area contributed by atoms with Crippen molar-refractivity contribution >= 4 is 23.5 Å². The summed E-state index contributed by atoms with van der Waals surface area (Å²) in [6.45, 7) is -0.848. The summed E-state index contributed by atoms with van der Waals surface area (Å²) >= 11 is 0. The normalized spacial score (nSPS) is 26.6. The minimum absolute atomic E-state index is 0.0500. The molecule has 2 unspecified atom stereocenters. The van der Waals surface area contributed by atoms with E-state index < -0.39 is 54.2 Å². The van der Waals surface area contributed by atoms with Gasteiger partial charge in [0.2, 0.25) is 5.88 Å². The molecule has 5 atom stereocenters. The van der Waals surface area contributed by atoms with E-state index in [-0.39, 0.29) is 12.3 Å². The number of nitrogens with zero attached hydrogens (tertiary/aromatic N) is 2. The SMILES string of the molecule is COc1ccn([C@H]2C[C@H](O)[C@@H](COP(=O)(O)OP(=O)(O)OP(=O)(O)O)O2)c(=O)n1. The van der Waals surface area contributed by atoms with Crippen molar-refractivity contribution in [3.05, 3.63) is 22.7 Å². The summed E-state index contributed by atoms with van der Waals surface area (Å²) in [5.74, 6) is 0.0500. The third-order valence-corrected chi connectivity index (χ3v) is 7.15. The van der Waals surface area contributed by atoms with Gasteiger partial charge in [-0.25, -0.2) is 18.5 Å². The van der Waals surface area contributed by atoms with Crippen molar-refractivity contribution < 1.29 is 61.0 Å². The second kappa shape index (κ2) is 9.02. The number of ether oxygens (including phenoxy) is 2. The van der Waals surface area contributed by atoms with Crippen LogP contribution in [0.15, 0.2) is 17.1 Å². The van der Waals surface area contributed by atoms with Crippen LogP contribution in [0.3, 0.4) is 0 Å². The van der Waals surface area contributed by atoms with Crippen molar-refractivity contribution in [2.24, 2.45) is 0 Å². The Balaban J connectivity index is 1.99. The van der Waals surface area contributed by atoms with Crippen LogP contribution in [0.4, 0.5) is 0 Å². The van der Waals surface area contributed by atoms with Crippen LogP contribution in [-0.4, -0.2) is 60.2 Å². The third kappa shape index (κ3) is 7.33. The number of phosphoric ester groups is 1. The lowest BCUT2D eigenvalue weighted by atomic mass is 10.2. The fourth-order valence-corrected chi connectivity index (χ4v) is 5.27. The monoisotopic (exact) mass is 482 g/mol. The van der Waals surface area contributed by atoms with Crippen molar-refractivity contribution in [3.63, 3.8) is 0 Å². The van der Waals surface area contributed by atoms with E-state index >= 15 is 0 Å². The van der Waals surface area contributed by atoms with E-state index in [1.54, 1.807) is 0 Å². The number of aliphatic hydroxyl groups excluding tert-OH is 1. The molecule has 0 saturated carbocycles. The number of methoxy groups -OCH3 is 1. The van der Waals surface area contributed by atoms with Gasteiger partial charge in [0.25, 0.3) is 0 Å². The van der Waals surface area contributed by atoms with Crippen LogP contribution in [-0.2, 0) is 31.6 Å². The van der Waals surface area contributed by atoms with Gasteiger partial charge in [-0.3, -0.25) is 9.09 Å². The van der Waals surface area contributed by atoms with Crippen LogP contribution in [0, 0.1) is 0 Å². The van der Waals surface area contributed by atoms with Gasteiger partial charge in [-0.05, 0) is 0 Å². The van der Waals surface area contributed by atoms with Gasteiger partial charge >= 0.3 is 29.2 Å². The zero-order valence-electron chi connectivity index (χ0n) is 14.4. The van der Waals surface area contributed by atoms with Crippen LogP contribution in [0.1, 0.15) is 12.6 Å². The molecule has 1 fully saturated rings. The molecule has 1 aliphatic rings. The lowest BCUT2D eigenvalue weighted by Gasteiger charge is -2.19. The fourth-order valence-electron chi connectivity index (χ4n) is 2.24. The standard InChI is InChI=1S/C10H17N2O14P3/c1-22-8-2-3-12(10(14)11-8)9-4-6(13)7(24-9)5-23-28(18,19)26-29(20,21)25-27(15,16)17/h2-3,6-7,9,13H,4-5H2,1H3,(H,18,19)(H,20,21)(H2,15,16,17)/t6-,7+,9+/m0/s1. The predicted molar refractivity (Wildman–Crippen MR) is 89.4 cm³/mol. The zero-order chi connectivity index (χ0) is 22.0. The Morgan fingerprint density at radius 3 is 2.41 bits per heavy atom. The molecular formula is C10H17N2O14P3. The first-order valence-electron chi connectivity index (χ1n) is 7.46. The molecule has 0 spiro atoms. The summed E-state index contributed by atoms with van der Waals surface area (Å²) in [6.07, 6.45) is -2.39. The maximum atomic E-state index is 11.9. The van der Waals surface area contributed by atoms with E-state index in [1.165, 1.54) is 19.4 Å². The maximum absolute atomic E-state index is 11.9. The molecule has 0 radical (unpaired) electrons. The first-order valence-corrected chi connectivity index (χ1v) is 12.0. The minimum Gasteiger partial charge on any atom is -0.481 e. The lowest BCUT2D eigenvalue weighted by Crippen LogP contribution is -2.28. The third-order valence-electron chi connectivity index (χ3n) is 3.35. The Kier molecular flexibility index (Phi) is 7.55.